The highest BCUT2D eigenvalue weighted by molar-refractivity contribution is 7.89. The Labute approximate surface area is 117 Å². The van der Waals surface area contributed by atoms with Crippen LogP contribution in [-0.2, 0) is 14.9 Å². The second kappa shape index (κ2) is 5.88. The van der Waals surface area contributed by atoms with Gasteiger partial charge in [0.1, 0.15) is 4.90 Å². The molecule has 1 fully saturated rings. The van der Waals surface area contributed by atoms with Gasteiger partial charge in [0.25, 0.3) is 10.0 Å². The molecule has 7 heteroatoms. The molecule has 0 heterocycles. The second-order valence-corrected chi connectivity index (χ2v) is 6.39. The van der Waals surface area contributed by atoms with E-state index in [-0.39, 0.29) is 21.6 Å². The molecule has 1 aromatic rings. The summed E-state index contributed by atoms with van der Waals surface area (Å²) in [6, 6.07) is 5.93. The first-order valence-electron chi connectivity index (χ1n) is 5.90. The lowest BCUT2D eigenvalue weighted by atomic mass is 10.2. The van der Waals surface area contributed by atoms with Crippen LogP contribution >= 0.6 is 11.6 Å². The van der Waals surface area contributed by atoms with Crippen molar-refractivity contribution >= 4 is 21.6 Å². The minimum absolute atomic E-state index is 0.0570. The molecule has 0 saturated heterocycles. The number of nitrogens with zero attached hydrogens (tertiary/aromatic N) is 1. The van der Waals surface area contributed by atoms with E-state index in [1.54, 1.807) is 0 Å². The van der Waals surface area contributed by atoms with Gasteiger partial charge in [-0.25, -0.2) is 8.42 Å². The SMILES string of the molecule is N#Cc1ccc(Cl)c(S(=O)(=O)NOC2CCCC2)c1. The average Bonchev–Trinajstić information content (AvgIpc) is 2.90. The first-order valence-corrected chi connectivity index (χ1v) is 7.76. The van der Waals surface area contributed by atoms with Gasteiger partial charge in [-0.15, -0.1) is 0 Å². The van der Waals surface area contributed by atoms with Crippen LogP contribution in [0.2, 0.25) is 5.02 Å². The van der Waals surface area contributed by atoms with Gasteiger partial charge in [0, 0.05) is 0 Å². The Morgan fingerprint density at radius 1 is 1.37 bits per heavy atom. The molecular formula is C12H13ClN2O3S. The lowest BCUT2D eigenvalue weighted by molar-refractivity contribution is 0.0223. The zero-order valence-electron chi connectivity index (χ0n) is 10.1. The number of rotatable bonds is 4. The number of sulfonamides is 1. The third-order valence-electron chi connectivity index (χ3n) is 2.98. The topological polar surface area (TPSA) is 79.2 Å². The minimum atomic E-state index is -3.87. The van der Waals surface area contributed by atoms with E-state index in [9.17, 15) is 8.42 Å². The number of benzene rings is 1. The average molecular weight is 301 g/mol. The minimum Gasteiger partial charge on any atom is -0.284 e. The van der Waals surface area contributed by atoms with Gasteiger partial charge in [-0.2, -0.15) is 5.26 Å². The van der Waals surface area contributed by atoms with Crippen LogP contribution in [0.3, 0.4) is 0 Å². The van der Waals surface area contributed by atoms with Gasteiger partial charge in [0.15, 0.2) is 0 Å². The van der Waals surface area contributed by atoms with E-state index in [1.165, 1.54) is 18.2 Å². The van der Waals surface area contributed by atoms with E-state index < -0.39 is 10.0 Å². The largest absolute Gasteiger partial charge is 0.284 e. The number of hydrogen-bond acceptors (Lipinski definition) is 4. The third-order valence-corrected chi connectivity index (χ3v) is 4.65. The van der Waals surface area contributed by atoms with Crippen molar-refractivity contribution in [2.75, 3.05) is 0 Å². The van der Waals surface area contributed by atoms with Gasteiger partial charge in [-0.3, -0.25) is 4.84 Å². The van der Waals surface area contributed by atoms with Crippen molar-refractivity contribution in [1.82, 2.24) is 4.89 Å². The van der Waals surface area contributed by atoms with Crippen molar-refractivity contribution in [3.63, 3.8) is 0 Å². The van der Waals surface area contributed by atoms with Crippen LogP contribution in [-0.4, -0.2) is 14.5 Å². The van der Waals surface area contributed by atoms with E-state index in [4.69, 9.17) is 21.7 Å². The first kappa shape index (κ1) is 14.3. The van der Waals surface area contributed by atoms with Crippen molar-refractivity contribution in [2.24, 2.45) is 0 Å². The highest BCUT2D eigenvalue weighted by atomic mass is 35.5. The monoisotopic (exact) mass is 300 g/mol. The number of halogens is 1. The van der Waals surface area contributed by atoms with Crippen molar-refractivity contribution in [2.45, 2.75) is 36.7 Å². The number of nitriles is 1. The van der Waals surface area contributed by atoms with Crippen molar-refractivity contribution in [1.29, 1.82) is 5.26 Å². The highest BCUT2D eigenvalue weighted by Gasteiger charge is 2.22. The van der Waals surface area contributed by atoms with Gasteiger partial charge < -0.3 is 0 Å². The zero-order valence-corrected chi connectivity index (χ0v) is 11.7. The molecule has 0 spiro atoms. The Bertz CT molecular complexity index is 604. The molecule has 0 aromatic heterocycles. The maximum absolute atomic E-state index is 12.0. The van der Waals surface area contributed by atoms with Crippen LogP contribution in [0.1, 0.15) is 31.2 Å². The van der Waals surface area contributed by atoms with Crippen molar-refractivity contribution in [3.05, 3.63) is 28.8 Å². The number of nitrogens with one attached hydrogen (secondary N) is 1. The summed E-state index contributed by atoms with van der Waals surface area (Å²) in [5.74, 6) is 0. The Morgan fingerprint density at radius 3 is 2.68 bits per heavy atom. The van der Waals surface area contributed by atoms with Gasteiger partial charge >= 0.3 is 0 Å². The summed E-state index contributed by atoms with van der Waals surface area (Å²) in [6.07, 6.45) is 3.67. The molecular weight excluding hydrogens is 288 g/mol. The van der Waals surface area contributed by atoms with Crippen LogP contribution < -0.4 is 4.89 Å². The Hall–Kier alpha value is -1.13. The third kappa shape index (κ3) is 3.45. The molecule has 0 atom stereocenters. The summed E-state index contributed by atoms with van der Waals surface area (Å²) < 4.78 is 24.1. The van der Waals surface area contributed by atoms with E-state index >= 15 is 0 Å². The van der Waals surface area contributed by atoms with Crippen LogP contribution in [0.4, 0.5) is 0 Å². The summed E-state index contributed by atoms with van der Waals surface area (Å²) in [6.45, 7) is 0. The molecule has 0 aliphatic heterocycles. The molecule has 1 N–H and O–H groups in total. The molecule has 19 heavy (non-hydrogen) atoms. The fraction of sp³-hybridized carbons (Fsp3) is 0.417. The summed E-state index contributed by atoms with van der Waals surface area (Å²) in [5, 5.41) is 8.84. The summed E-state index contributed by atoms with van der Waals surface area (Å²) in [4.78, 5) is 7.11. The van der Waals surface area contributed by atoms with Gasteiger partial charge in [-0.05, 0) is 31.0 Å². The highest BCUT2D eigenvalue weighted by Crippen LogP contribution is 2.24. The smallest absolute Gasteiger partial charge is 0.264 e. The van der Waals surface area contributed by atoms with Gasteiger partial charge in [0.2, 0.25) is 0 Å². The van der Waals surface area contributed by atoms with E-state index in [0.717, 1.165) is 25.7 Å². The van der Waals surface area contributed by atoms with E-state index in [0.29, 0.717) is 0 Å². The molecule has 1 saturated carbocycles. The zero-order chi connectivity index (χ0) is 13.9. The number of hydrogen-bond donors (Lipinski definition) is 1. The van der Waals surface area contributed by atoms with Crippen LogP contribution in [0.25, 0.3) is 0 Å². The molecule has 0 unspecified atom stereocenters. The Kier molecular flexibility index (Phi) is 4.42. The molecule has 0 amide bonds. The molecule has 1 aliphatic rings. The van der Waals surface area contributed by atoms with E-state index in [1.807, 2.05) is 6.07 Å². The maximum Gasteiger partial charge on any atom is 0.264 e. The lowest BCUT2D eigenvalue weighted by Gasteiger charge is -2.12. The fourth-order valence-electron chi connectivity index (χ4n) is 1.96. The molecule has 2 rings (SSSR count). The van der Waals surface area contributed by atoms with E-state index in [2.05, 4.69) is 4.89 Å². The summed E-state index contributed by atoms with van der Waals surface area (Å²) in [5.41, 5.74) is 0.227. The normalized spacial score (nSPS) is 16.4. The van der Waals surface area contributed by atoms with Crippen LogP contribution in [0, 0.1) is 11.3 Å². The molecule has 1 aliphatic carbocycles. The van der Waals surface area contributed by atoms with Crippen LogP contribution in [0.5, 0.6) is 0 Å². The molecule has 102 valence electrons. The Morgan fingerprint density at radius 2 is 2.05 bits per heavy atom. The predicted octanol–water partition coefficient (Wildman–Crippen LogP) is 2.36. The summed E-state index contributed by atoms with van der Waals surface area (Å²) in [7, 11) is -3.87. The van der Waals surface area contributed by atoms with Crippen molar-refractivity contribution in [3.8, 4) is 6.07 Å². The standard InChI is InChI=1S/C12H13ClN2O3S/c13-11-6-5-9(8-14)7-12(11)19(16,17)15-18-10-3-1-2-4-10/h5-7,10,15H,1-4H2. The maximum atomic E-state index is 12.0. The second-order valence-electron chi connectivity index (χ2n) is 4.37. The Balaban J connectivity index is 2.16. The van der Waals surface area contributed by atoms with Gasteiger partial charge in [-0.1, -0.05) is 29.3 Å². The van der Waals surface area contributed by atoms with Gasteiger partial charge in [0.05, 0.1) is 22.8 Å². The molecule has 1 aromatic carbocycles. The molecule has 0 bridgehead atoms. The van der Waals surface area contributed by atoms with Crippen molar-refractivity contribution < 1.29 is 13.3 Å². The van der Waals surface area contributed by atoms with Crippen LogP contribution in [0.15, 0.2) is 23.1 Å². The first-order chi connectivity index (χ1) is 9.03. The molecule has 5 nitrogen and oxygen atoms in total. The fourth-order valence-corrected chi connectivity index (χ4v) is 3.34. The molecule has 0 radical (unpaired) electrons. The summed E-state index contributed by atoms with van der Waals surface area (Å²) >= 11 is 5.85. The predicted molar refractivity (Wildman–Crippen MR) is 69.8 cm³/mol. The lowest BCUT2D eigenvalue weighted by Crippen LogP contribution is -2.28. The quantitative estimate of drug-likeness (QED) is 0.866.